The number of aryl methyl sites for hydroxylation is 1. The number of aromatic hydroxyl groups is 2. The number of fused-ring (bicyclic) bond motifs is 2. The van der Waals surface area contributed by atoms with Gasteiger partial charge in [0.05, 0.1) is 0 Å². The molecule has 1 aliphatic heterocycles. The number of halogens is 1. The van der Waals surface area contributed by atoms with E-state index in [2.05, 4.69) is 0 Å². The monoisotopic (exact) mass is 262 g/mol. The molecule has 0 bridgehead atoms. The van der Waals surface area contributed by atoms with Gasteiger partial charge in [-0.15, -0.1) is 0 Å². The van der Waals surface area contributed by atoms with Crippen LogP contribution in [0.2, 0.25) is 5.02 Å². The van der Waals surface area contributed by atoms with E-state index in [1.165, 1.54) is 12.1 Å². The predicted molar refractivity (Wildman–Crippen MR) is 68.7 cm³/mol. The van der Waals surface area contributed by atoms with Crippen molar-refractivity contribution >= 4 is 11.6 Å². The molecule has 3 nitrogen and oxygen atoms in total. The summed E-state index contributed by atoms with van der Waals surface area (Å²) in [6.07, 6.45) is 1.38. The number of hydrogen-bond acceptors (Lipinski definition) is 3. The van der Waals surface area contributed by atoms with Crippen molar-refractivity contribution in [1.29, 1.82) is 0 Å². The highest BCUT2D eigenvalue weighted by molar-refractivity contribution is 6.30. The third-order valence-electron chi connectivity index (χ3n) is 3.06. The van der Waals surface area contributed by atoms with Gasteiger partial charge in [0.15, 0.2) is 0 Å². The smallest absolute Gasteiger partial charge is 0.138 e. The quantitative estimate of drug-likeness (QED) is 0.762. The fraction of sp³-hybridized carbons (Fsp3) is 0.143. The summed E-state index contributed by atoms with van der Waals surface area (Å²) in [5.41, 5.74) is 1.71. The number of hydrogen-bond donors (Lipinski definition) is 2. The molecule has 4 heteroatoms. The molecule has 3 rings (SSSR count). The highest BCUT2D eigenvalue weighted by atomic mass is 35.5. The third kappa shape index (κ3) is 1.87. The summed E-state index contributed by atoms with van der Waals surface area (Å²) in [7, 11) is 0. The second kappa shape index (κ2) is 4.10. The van der Waals surface area contributed by atoms with Gasteiger partial charge in [0.25, 0.3) is 0 Å². The molecule has 0 aromatic heterocycles. The van der Waals surface area contributed by atoms with Crippen molar-refractivity contribution < 1.29 is 14.9 Å². The van der Waals surface area contributed by atoms with Crippen LogP contribution in [0.5, 0.6) is 23.0 Å². The van der Waals surface area contributed by atoms with Crippen LogP contribution >= 0.6 is 11.6 Å². The minimum absolute atomic E-state index is 0.0105. The molecule has 0 unspecified atom stereocenters. The maximum atomic E-state index is 9.83. The van der Waals surface area contributed by atoms with E-state index >= 15 is 0 Å². The molecule has 0 saturated carbocycles. The molecule has 2 aromatic carbocycles. The Morgan fingerprint density at radius 2 is 1.83 bits per heavy atom. The van der Waals surface area contributed by atoms with Gasteiger partial charge < -0.3 is 14.9 Å². The van der Waals surface area contributed by atoms with Crippen LogP contribution < -0.4 is 4.74 Å². The Labute approximate surface area is 109 Å². The molecule has 0 spiro atoms. The van der Waals surface area contributed by atoms with Gasteiger partial charge in [0.1, 0.15) is 23.0 Å². The van der Waals surface area contributed by atoms with Crippen molar-refractivity contribution in [3.8, 4) is 23.0 Å². The van der Waals surface area contributed by atoms with E-state index in [0.717, 1.165) is 12.0 Å². The minimum atomic E-state index is -0.0105. The van der Waals surface area contributed by atoms with Crippen molar-refractivity contribution in [2.75, 3.05) is 0 Å². The largest absolute Gasteiger partial charge is 0.508 e. The van der Waals surface area contributed by atoms with Gasteiger partial charge in [-0.05, 0) is 36.6 Å². The first-order valence-corrected chi connectivity index (χ1v) is 6.02. The number of benzene rings is 2. The first-order chi connectivity index (χ1) is 8.63. The fourth-order valence-corrected chi connectivity index (χ4v) is 2.37. The molecule has 0 aliphatic carbocycles. The molecular formula is C14H11ClO3. The molecule has 1 aliphatic rings. The van der Waals surface area contributed by atoms with Crippen LogP contribution in [0, 0.1) is 0 Å². The van der Waals surface area contributed by atoms with E-state index in [4.69, 9.17) is 16.3 Å². The fourth-order valence-electron chi connectivity index (χ4n) is 2.18. The van der Waals surface area contributed by atoms with Gasteiger partial charge in [-0.3, -0.25) is 0 Å². The van der Waals surface area contributed by atoms with Crippen LogP contribution in [-0.4, -0.2) is 10.2 Å². The van der Waals surface area contributed by atoms with Crippen molar-refractivity contribution in [3.05, 3.63) is 46.5 Å². The second-order valence-electron chi connectivity index (χ2n) is 4.30. The maximum absolute atomic E-state index is 9.83. The van der Waals surface area contributed by atoms with E-state index in [9.17, 15) is 10.2 Å². The molecule has 0 atom stereocenters. The van der Waals surface area contributed by atoms with Crippen molar-refractivity contribution in [2.24, 2.45) is 0 Å². The van der Waals surface area contributed by atoms with Crippen LogP contribution in [0.3, 0.4) is 0 Å². The number of rotatable bonds is 0. The Kier molecular flexibility index (Phi) is 2.56. The molecule has 1 heterocycles. The van der Waals surface area contributed by atoms with E-state index in [-0.39, 0.29) is 11.5 Å². The highest BCUT2D eigenvalue weighted by Crippen LogP contribution is 2.40. The summed E-state index contributed by atoms with van der Waals surface area (Å²) in [4.78, 5) is 0. The molecule has 2 N–H and O–H groups in total. The summed E-state index contributed by atoms with van der Waals surface area (Å²) in [5.74, 6) is 1.25. The van der Waals surface area contributed by atoms with Gasteiger partial charge in [-0.1, -0.05) is 11.6 Å². The van der Waals surface area contributed by atoms with Crippen LogP contribution in [0.4, 0.5) is 0 Å². The SMILES string of the molecule is Oc1cc(O)c2c(c1)Oc1ccc(Cl)cc1CC2. The van der Waals surface area contributed by atoms with Gasteiger partial charge in [-0.2, -0.15) is 0 Å². The standard InChI is InChI=1S/C14H11ClO3/c15-9-2-4-13-8(5-9)1-3-11-12(17)6-10(16)7-14(11)18-13/h2,4-7,16-17H,1,3H2. The zero-order valence-electron chi connectivity index (χ0n) is 9.48. The number of ether oxygens (including phenoxy) is 1. The number of phenolic OH excluding ortho intramolecular Hbond substituents is 2. The molecule has 0 amide bonds. The Balaban J connectivity index is 2.12. The third-order valence-corrected chi connectivity index (χ3v) is 3.29. The summed E-state index contributed by atoms with van der Waals surface area (Å²) in [6.45, 7) is 0. The lowest BCUT2D eigenvalue weighted by Crippen LogP contribution is -1.89. The van der Waals surface area contributed by atoms with Crippen molar-refractivity contribution in [1.82, 2.24) is 0 Å². The summed E-state index contributed by atoms with van der Waals surface area (Å²) in [5, 5.41) is 20.0. The summed E-state index contributed by atoms with van der Waals surface area (Å²) < 4.78 is 5.74. The molecule has 18 heavy (non-hydrogen) atoms. The van der Waals surface area contributed by atoms with Gasteiger partial charge in [-0.25, -0.2) is 0 Å². The second-order valence-corrected chi connectivity index (χ2v) is 4.73. The Morgan fingerprint density at radius 1 is 1.00 bits per heavy atom. The first kappa shape index (κ1) is 11.2. The van der Waals surface area contributed by atoms with Crippen molar-refractivity contribution in [2.45, 2.75) is 12.8 Å². The van der Waals surface area contributed by atoms with E-state index < -0.39 is 0 Å². The summed E-state index contributed by atoms with van der Waals surface area (Å²) >= 11 is 5.95. The molecule has 0 saturated heterocycles. The van der Waals surface area contributed by atoms with Crippen molar-refractivity contribution in [3.63, 3.8) is 0 Å². The molecule has 0 fully saturated rings. The Hall–Kier alpha value is -1.87. The maximum Gasteiger partial charge on any atom is 0.138 e. The van der Waals surface area contributed by atoms with Gasteiger partial charge in [0.2, 0.25) is 0 Å². The Bertz CT molecular complexity index is 623. The van der Waals surface area contributed by atoms with E-state index in [0.29, 0.717) is 28.5 Å². The predicted octanol–water partition coefficient (Wildman–Crippen LogP) is 3.64. The van der Waals surface area contributed by atoms with Crippen LogP contribution in [-0.2, 0) is 12.8 Å². The lowest BCUT2D eigenvalue weighted by atomic mass is 10.0. The topological polar surface area (TPSA) is 49.7 Å². The normalized spacial score (nSPS) is 13.2. The average molecular weight is 263 g/mol. The van der Waals surface area contributed by atoms with E-state index in [1.807, 2.05) is 6.07 Å². The molecule has 0 radical (unpaired) electrons. The van der Waals surface area contributed by atoms with Gasteiger partial charge in [0, 0.05) is 22.7 Å². The lowest BCUT2D eigenvalue weighted by molar-refractivity contribution is 0.427. The van der Waals surface area contributed by atoms with Crippen LogP contribution in [0.1, 0.15) is 11.1 Å². The highest BCUT2D eigenvalue weighted by Gasteiger charge is 2.18. The summed E-state index contributed by atoms with van der Waals surface area (Å²) in [6, 6.07) is 8.26. The number of phenols is 2. The van der Waals surface area contributed by atoms with Crippen LogP contribution in [0.25, 0.3) is 0 Å². The van der Waals surface area contributed by atoms with E-state index in [1.54, 1.807) is 12.1 Å². The lowest BCUT2D eigenvalue weighted by Gasteiger charge is -2.10. The first-order valence-electron chi connectivity index (χ1n) is 5.64. The minimum Gasteiger partial charge on any atom is -0.508 e. The zero-order valence-corrected chi connectivity index (χ0v) is 10.2. The Morgan fingerprint density at radius 3 is 2.67 bits per heavy atom. The van der Waals surface area contributed by atoms with Gasteiger partial charge >= 0.3 is 0 Å². The molecular weight excluding hydrogens is 252 g/mol. The zero-order chi connectivity index (χ0) is 12.7. The van der Waals surface area contributed by atoms with Crippen LogP contribution in [0.15, 0.2) is 30.3 Å². The average Bonchev–Trinajstić information content (AvgIpc) is 2.47. The molecule has 92 valence electrons. The molecule has 2 aromatic rings.